The number of hydrogen-bond donors (Lipinski definition) is 1. The number of hydrogen-bond acceptors (Lipinski definition) is 3. The highest BCUT2D eigenvalue weighted by Gasteiger charge is 2.08. The van der Waals surface area contributed by atoms with Gasteiger partial charge in [-0.05, 0) is 12.1 Å². The highest BCUT2D eigenvalue weighted by Crippen LogP contribution is 2.19. The summed E-state index contributed by atoms with van der Waals surface area (Å²) in [5.74, 6) is 0.923. The van der Waals surface area contributed by atoms with E-state index in [-0.39, 0.29) is 0 Å². The SMILES string of the molecule is CCc1nc(-c2ccc(S(C)(=O)=O)cc2)c[nH]1. The first-order chi connectivity index (χ1) is 8.00. The summed E-state index contributed by atoms with van der Waals surface area (Å²) >= 11 is 0. The van der Waals surface area contributed by atoms with Crippen LogP contribution in [0.25, 0.3) is 11.3 Å². The normalized spacial score (nSPS) is 11.6. The van der Waals surface area contributed by atoms with Crippen molar-refractivity contribution in [2.75, 3.05) is 6.26 Å². The Morgan fingerprint density at radius 3 is 2.35 bits per heavy atom. The summed E-state index contributed by atoms with van der Waals surface area (Å²) < 4.78 is 22.6. The molecule has 0 amide bonds. The maximum atomic E-state index is 11.3. The average Bonchev–Trinajstić information content (AvgIpc) is 2.76. The van der Waals surface area contributed by atoms with Crippen LogP contribution in [0, 0.1) is 0 Å². The molecule has 0 aliphatic carbocycles. The van der Waals surface area contributed by atoms with Gasteiger partial charge in [0.25, 0.3) is 0 Å². The highest BCUT2D eigenvalue weighted by atomic mass is 32.2. The van der Waals surface area contributed by atoms with Crippen molar-refractivity contribution in [3.63, 3.8) is 0 Å². The summed E-state index contributed by atoms with van der Waals surface area (Å²) in [6, 6.07) is 6.74. The topological polar surface area (TPSA) is 62.8 Å². The quantitative estimate of drug-likeness (QED) is 0.906. The van der Waals surface area contributed by atoms with Gasteiger partial charge in [-0.15, -0.1) is 0 Å². The fourth-order valence-corrected chi connectivity index (χ4v) is 2.19. The predicted octanol–water partition coefficient (Wildman–Crippen LogP) is 2.04. The van der Waals surface area contributed by atoms with Crippen molar-refractivity contribution >= 4 is 9.84 Å². The molecular formula is C12H14N2O2S. The van der Waals surface area contributed by atoms with E-state index >= 15 is 0 Å². The van der Waals surface area contributed by atoms with Gasteiger partial charge in [-0.1, -0.05) is 19.1 Å². The van der Waals surface area contributed by atoms with E-state index in [0.29, 0.717) is 4.90 Å². The van der Waals surface area contributed by atoms with Gasteiger partial charge in [-0.3, -0.25) is 0 Å². The molecule has 0 unspecified atom stereocenters. The fourth-order valence-electron chi connectivity index (χ4n) is 1.56. The first-order valence-corrected chi connectivity index (χ1v) is 7.24. The van der Waals surface area contributed by atoms with E-state index in [9.17, 15) is 8.42 Å². The number of nitrogens with one attached hydrogen (secondary N) is 1. The largest absolute Gasteiger partial charge is 0.348 e. The van der Waals surface area contributed by atoms with E-state index < -0.39 is 9.84 Å². The number of nitrogens with zero attached hydrogens (tertiary/aromatic N) is 1. The number of aryl methyl sites for hydroxylation is 1. The molecule has 4 nitrogen and oxygen atoms in total. The van der Waals surface area contributed by atoms with Crippen LogP contribution in [0.4, 0.5) is 0 Å². The first kappa shape index (κ1) is 11.9. The first-order valence-electron chi connectivity index (χ1n) is 5.35. The Morgan fingerprint density at radius 1 is 1.24 bits per heavy atom. The molecule has 5 heteroatoms. The standard InChI is InChI=1S/C12H14N2O2S/c1-3-12-13-8-11(14-12)9-4-6-10(7-5-9)17(2,15)16/h4-8H,3H2,1-2H3,(H,13,14). The van der Waals surface area contributed by atoms with Crippen LogP contribution in [0.2, 0.25) is 0 Å². The lowest BCUT2D eigenvalue weighted by Gasteiger charge is -1.99. The van der Waals surface area contributed by atoms with E-state index in [0.717, 1.165) is 23.5 Å². The van der Waals surface area contributed by atoms with Crippen molar-refractivity contribution in [1.82, 2.24) is 9.97 Å². The van der Waals surface area contributed by atoms with Gasteiger partial charge in [-0.2, -0.15) is 0 Å². The average molecular weight is 250 g/mol. The maximum Gasteiger partial charge on any atom is 0.175 e. The molecule has 0 aliphatic heterocycles. The second-order valence-electron chi connectivity index (χ2n) is 3.88. The third-order valence-electron chi connectivity index (χ3n) is 2.54. The minimum absolute atomic E-state index is 0.326. The van der Waals surface area contributed by atoms with Crippen LogP contribution in [0.1, 0.15) is 12.7 Å². The molecule has 2 aromatic rings. The molecule has 0 atom stereocenters. The van der Waals surface area contributed by atoms with Gasteiger partial charge in [0.2, 0.25) is 0 Å². The molecule has 1 aromatic heterocycles. The third kappa shape index (κ3) is 2.55. The van der Waals surface area contributed by atoms with Crippen LogP contribution < -0.4 is 0 Å². The monoisotopic (exact) mass is 250 g/mol. The second kappa shape index (κ2) is 4.33. The van der Waals surface area contributed by atoms with Crippen molar-refractivity contribution in [1.29, 1.82) is 0 Å². The molecule has 90 valence electrons. The Bertz CT molecular complexity index is 612. The summed E-state index contributed by atoms with van der Waals surface area (Å²) in [7, 11) is -3.13. The Morgan fingerprint density at radius 2 is 1.88 bits per heavy atom. The molecule has 0 saturated carbocycles. The molecular weight excluding hydrogens is 236 g/mol. The summed E-state index contributed by atoms with van der Waals surface area (Å²) in [6.45, 7) is 2.02. The van der Waals surface area contributed by atoms with Crippen molar-refractivity contribution in [2.24, 2.45) is 0 Å². The van der Waals surface area contributed by atoms with Gasteiger partial charge in [0.15, 0.2) is 9.84 Å². The predicted molar refractivity (Wildman–Crippen MR) is 66.5 cm³/mol. The molecule has 0 radical (unpaired) electrons. The zero-order valence-electron chi connectivity index (χ0n) is 9.77. The Kier molecular flexibility index (Phi) is 3.02. The number of sulfone groups is 1. The van der Waals surface area contributed by atoms with E-state index in [2.05, 4.69) is 9.97 Å². The zero-order valence-corrected chi connectivity index (χ0v) is 10.6. The Labute approximate surface area is 101 Å². The Balaban J connectivity index is 2.35. The summed E-state index contributed by atoms with van der Waals surface area (Å²) in [4.78, 5) is 7.78. The summed E-state index contributed by atoms with van der Waals surface area (Å²) in [6.07, 6.45) is 3.88. The van der Waals surface area contributed by atoms with Gasteiger partial charge < -0.3 is 4.98 Å². The lowest BCUT2D eigenvalue weighted by molar-refractivity contribution is 0.602. The lowest BCUT2D eigenvalue weighted by atomic mass is 10.2. The second-order valence-corrected chi connectivity index (χ2v) is 5.90. The number of benzene rings is 1. The molecule has 2 rings (SSSR count). The van der Waals surface area contributed by atoms with Gasteiger partial charge in [0, 0.05) is 24.4 Å². The third-order valence-corrected chi connectivity index (χ3v) is 3.67. The van der Waals surface area contributed by atoms with E-state index in [4.69, 9.17) is 0 Å². The van der Waals surface area contributed by atoms with Crippen LogP contribution in [0.3, 0.4) is 0 Å². The number of aromatic amines is 1. The molecule has 17 heavy (non-hydrogen) atoms. The van der Waals surface area contributed by atoms with Crippen LogP contribution >= 0.6 is 0 Å². The molecule has 1 N–H and O–H groups in total. The van der Waals surface area contributed by atoms with Crippen LogP contribution in [-0.2, 0) is 16.3 Å². The molecule has 0 spiro atoms. The van der Waals surface area contributed by atoms with E-state index in [1.807, 2.05) is 13.1 Å². The van der Waals surface area contributed by atoms with E-state index in [1.54, 1.807) is 24.3 Å². The van der Waals surface area contributed by atoms with Crippen molar-refractivity contribution < 1.29 is 8.42 Å². The zero-order chi connectivity index (χ0) is 12.5. The van der Waals surface area contributed by atoms with Gasteiger partial charge in [-0.25, -0.2) is 13.4 Å². The van der Waals surface area contributed by atoms with Crippen LogP contribution in [0.5, 0.6) is 0 Å². The molecule has 0 bridgehead atoms. The molecule has 0 aliphatic rings. The smallest absolute Gasteiger partial charge is 0.175 e. The minimum Gasteiger partial charge on any atom is -0.348 e. The Hall–Kier alpha value is -1.62. The van der Waals surface area contributed by atoms with Crippen LogP contribution in [-0.4, -0.2) is 24.6 Å². The molecule has 0 fully saturated rings. The highest BCUT2D eigenvalue weighted by molar-refractivity contribution is 7.90. The number of aromatic nitrogens is 2. The minimum atomic E-state index is -3.13. The van der Waals surface area contributed by atoms with Crippen molar-refractivity contribution in [3.8, 4) is 11.3 Å². The van der Waals surface area contributed by atoms with Gasteiger partial charge in [0.1, 0.15) is 5.82 Å². The van der Waals surface area contributed by atoms with Gasteiger partial charge >= 0.3 is 0 Å². The summed E-state index contributed by atoms with van der Waals surface area (Å²) in [5.41, 5.74) is 1.75. The van der Waals surface area contributed by atoms with Crippen molar-refractivity contribution in [3.05, 3.63) is 36.3 Å². The lowest BCUT2D eigenvalue weighted by Crippen LogP contribution is -1.96. The van der Waals surface area contributed by atoms with E-state index in [1.165, 1.54) is 6.26 Å². The maximum absolute atomic E-state index is 11.3. The number of rotatable bonds is 3. The van der Waals surface area contributed by atoms with Gasteiger partial charge in [0.05, 0.1) is 10.6 Å². The summed E-state index contributed by atoms with van der Waals surface area (Å²) in [5, 5.41) is 0. The number of H-pyrrole nitrogens is 1. The van der Waals surface area contributed by atoms with Crippen molar-refractivity contribution in [2.45, 2.75) is 18.2 Å². The molecule has 1 heterocycles. The van der Waals surface area contributed by atoms with Crippen LogP contribution in [0.15, 0.2) is 35.4 Å². The molecule has 0 saturated heterocycles. The number of imidazole rings is 1. The fraction of sp³-hybridized carbons (Fsp3) is 0.250. The molecule has 1 aromatic carbocycles.